The van der Waals surface area contributed by atoms with E-state index >= 15 is 0 Å². The number of hydrogen-bond donors (Lipinski definition) is 2. The molecule has 0 bridgehead atoms. The van der Waals surface area contributed by atoms with Crippen LogP contribution in [0.5, 0.6) is 5.75 Å². The number of halogens is 1. The van der Waals surface area contributed by atoms with Gasteiger partial charge < -0.3 is 14.8 Å². The van der Waals surface area contributed by atoms with Gasteiger partial charge in [-0.05, 0) is 62.6 Å². The number of H-pyrrole nitrogens is 1. The highest BCUT2D eigenvalue weighted by Crippen LogP contribution is 2.37. The largest absolute Gasteiger partial charge is 0.496 e. The first kappa shape index (κ1) is 19.5. The molecule has 1 aromatic heterocycles. The van der Waals surface area contributed by atoms with Gasteiger partial charge in [0.25, 0.3) is 0 Å². The van der Waals surface area contributed by atoms with Gasteiger partial charge in [-0.1, -0.05) is 28.1 Å². The molecule has 0 fully saturated rings. The van der Waals surface area contributed by atoms with Gasteiger partial charge in [0.1, 0.15) is 5.75 Å². The maximum atomic E-state index is 11.7. The van der Waals surface area contributed by atoms with Crippen LogP contribution >= 0.6 is 15.9 Å². The fourth-order valence-electron chi connectivity index (χ4n) is 3.45. The van der Waals surface area contributed by atoms with Gasteiger partial charge in [-0.2, -0.15) is 0 Å². The van der Waals surface area contributed by atoms with E-state index in [9.17, 15) is 9.90 Å². The number of benzene rings is 2. The number of carboxylic acids is 1. The van der Waals surface area contributed by atoms with E-state index < -0.39 is 11.4 Å². The molecule has 1 heterocycles. The smallest absolute Gasteiger partial charge is 0.309 e. The zero-order valence-corrected chi connectivity index (χ0v) is 17.6. The SMILES string of the molecule is COc1ccc2[nH]c(C)c(CC(C)(C)C(=O)O)c2c1Cc1ccc(Br)cc1. The van der Waals surface area contributed by atoms with Crippen molar-refractivity contribution in [2.75, 3.05) is 7.11 Å². The van der Waals surface area contributed by atoms with Crippen LogP contribution in [-0.4, -0.2) is 23.2 Å². The third kappa shape index (κ3) is 3.88. The third-order valence-electron chi connectivity index (χ3n) is 5.06. The molecule has 0 atom stereocenters. The van der Waals surface area contributed by atoms with Crippen molar-refractivity contribution in [1.29, 1.82) is 0 Å². The maximum absolute atomic E-state index is 11.7. The van der Waals surface area contributed by atoms with Gasteiger partial charge >= 0.3 is 5.97 Å². The number of fused-ring (bicyclic) bond motifs is 1. The van der Waals surface area contributed by atoms with Crippen molar-refractivity contribution in [2.45, 2.75) is 33.6 Å². The van der Waals surface area contributed by atoms with Gasteiger partial charge in [-0.25, -0.2) is 0 Å². The van der Waals surface area contributed by atoms with Crippen molar-refractivity contribution in [1.82, 2.24) is 4.98 Å². The number of aromatic amines is 1. The molecule has 0 saturated carbocycles. The second-order valence-electron chi connectivity index (χ2n) is 7.57. The normalized spacial score (nSPS) is 11.7. The summed E-state index contributed by atoms with van der Waals surface area (Å²) >= 11 is 3.48. The van der Waals surface area contributed by atoms with Crippen LogP contribution in [0.25, 0.3) is 10.9 Å². The number of aliphatic carboxylic acids is 1. The summed E-state index contributed by atoms with van der Waals surface area (Å²) in [6.07, 6.45) is 1.17. The molecule has 0 amide bonds. The Hall–Kier alpha value is -2.27. The molecular formula is C22H24BrNO3. The third-order valence-corrected chi connectivity index (χ3v) is 5.59. The fraction of sp³-hybridized carbons (Fsp3) is 0.318. The summed E-state index contributed by atoms with van der Waals surface area (Å²) in [7, 11) is 1.67. The van der Waals surface area contributed by atoms with Crippen LogP contribution in [-0.2, 0) is 17.6 Å². The Morgan fingerprint density at radius 1 is 1.15 bits per heavy atom. The van der Waals surface area contributed by atoms with Crippen LogP contribution < -0.4 is 4.74 Å². The first-order valence-corrected chi connectivity index (χ1v) is 9.67. The molecule has 5 heteroatoms. The molecule has 3 aromatic rings. The first-order chi connectivity index (χ1) is 12.7. The number of methoxy groups -OCH3 is 1. The Morgan fingerprint density at radius 3 is 2.41 bits per heavy atom. The summed E-state index contributed by atoms with van der Waals surface area (Å²) in [5.41, 5.74) is 4.46. The second kappa shape index (κ2) is 7.39. The van der Waals surface area contributed by atoms with Crippen LogP contribution in [0.2, 0.25) is 0 Å². The molecule has 27 heavy (non-hydrogen) atoms. The van der Waals surface area contributed by atoms with Gasteiger partial charge in [-0.15, -0.1) is 0 Å². The molecule has 0 aliphatic heterocycles. The lowest BCUT2D eigenvalue weighted by atomic mass is 9.84. The van der Waals surface area contributed by atoms with Crippen molar-refractivity contribution in [3.05, 3.63) is 63.3 Å². The highest BCUT2D eigenvalue weighted by atomic mass is 79.9. The first-order valence-electron chi connectivity index (χ1n) is 8.88. The molecule has 0 radical (unpaired) electrons. The zero-order chi connectivity index (χ0) is 19.8. The summed E-state index contributed by atoms with van der Waals surface area (Å²) in [5, 5.41) is 10.7. The van der Waals surface area contributed by atoms with Crippen molar-refractivity contribution >= 4 is 32.8 Å². The number of carboxylic acid groups (broad SMARTS) is 1. The average molecular weight is 430 g/mol. The van der Waals surface area contributed by atoms with E-state index in [0.29, 0.717) is 12.8 Å². The highest BCUT2D eigenvalue weighted by Gasteiger charge is 2.30. The number of nitrogens with one attached hydrogen (secondary N) is 1. The lowest BCUT2D eigenvalue weighted by Crippen LogP contribution is -2.26. The molecule has 0 aliphatic carbocycles. The predicted molar refractivity (Wildman–Crippen MR) is 112 cm³/mol. The fourth-order valence-corrected chi connectivity index (χ4v) is 3.72. The predicted octanol–water partition coefficient (Wildman–Crippen LogP) is 5.49. The van der Waals surface area contributed by atoms with E-state index in [1.807, 2.05) is 31.2 Å². The molecular weight excluding hydrogens is 406 g/mol. The molecule has 142 valence electrons. The van der Waals surface area contributed by atoms with Gasteiger partial charge in [0, 0.05) is 33.1 Å². The van der Waals surface area contributed by atoms with E-state index in [-0.39, 0.29) is 0 Å². The van der Waals surface area contributed by atoms with Crippen LogP contribution in [0.3, 0.4) is 0 Å². The van der Waals surface area contributed by atoms with Gasteiger partial charge in [-0.3, -0.25) is 4.79 Å². The quantitative estimate of drug-likeness (QED) is 0.544. The van der Waals surface area contributed by atoms with Gasteiger partial charge in [0.05, 0.1) is 12.5 Å². The van der Waals surface area contributed by atoms with E-state index in [0.717, 1.165) is 37.9 Å². The molecule has 4 nitrogen and oxygen atoms in total. The van der Waals surface area contributed by atoms with Crippen molar-refractivity contribution in [3.63, 3.8) is 0 Å². The van der Waals surface area contributed by atoms with Crippen LogP contribution in [0.15, 0.2) is 40.9 Å². The minimum Gasteiger partial charge on any atom is -0.496 e. The lowest BCUT2D eigenvalue weighted by molar-refractivity contribution is -0.146. The van der Waals surface area contributed by atoms with Crippen LogP contribution in [0.1, 0.15) is 36.2 Å². The average Bonchev–Trinajstić information content (AvgIpc) is 2.92. The topological polar surface area (TPSA) is 62.3 Å². The molecule has 0 unspecified atom stereocenters. The summed E-state index contributed by atoms with van der Waals surface area (Å²) in [4.78, 5) is 15.1. The summed E-state index contributed by atoms with van der Waals surface area (Å²) < 4.78 is 6.69. The highest BCUT2D eigenvalue weighted by molar-refractivity contribution is 9.10. The second-order valence-corrected chi connectivity index (χ2v) is 8.48. The van der Waals surface area contributed by atoms with Crippen LogP contribution in [0.4, 0.5) is 0 Å². The summed E-state index contributed by atoms with van der Waals surface area (Å²) in [6.45, 7) is 5.54. The minimum absolute atomic E-state index is 0.453. The van der Waals surface area contributed by atoms with E-state index in [4.69, 9.17) is 4.74 Å². The van der Waals surface area contributed by atoms with Crippen LogP contribution in [0, 0.1) is 12.3 Å². The number of rotatable bonds is 6. The van der Waals surface area contributed by atoms with Gasteiger partial charge in [0.15, 0.2) is 0 Å². The molecule has 2 N–H and O–H groups in total. The number of hydrogen-bond acceptors (Lipinski definition) is 2. The lowest BCUT2D eigenvalue weighted by Gasteiger charge is -2.20. The van der Waals surface area contributed by atoms with Crippen molar-refractivity contribution in [2.24, 2.45) is 5.41 Å². The van der Waals surface area contributed by atoms with E-state index in [1.54, 1.807) is 21.0 Å². The number of aromatic nitrogens is 1. The van der Waals surface area contributed by atoms with E-state index in [2.05, 4.69) is 33.0 Å². The molecule has 3 rings (SSSR count). The number of ether oxygens (including phenoxy) is 1. The minimum atomic E-state index is -0.849. The molecule has 0 saturated heterocycles. The van der Waals surface area contributed by atoms with Crippen molar-refractivity contribution in [3.8, 4) is 5.75 Å². The monoisotopic (exact) mass is 429 g/mol. The Bertz CT molecular complexity index is 987. The van der Waals surface area contributed by atoms with Crippen molar-refractivity contribution < 1.29 is 14.6 Å². The summed E-state index contributed by atoms with van der Waals surface area (Å²) in [6, 6.07) is 12.2. The Kier molecular flexibility index (Phi) is 5.33. The summed E-state index contributed by atoms with van der Waals surface area (Å²) in [5.74, 6) is 0.0207. The standard InChI is InChI=1S/C22H24BrNO3/c1-13-17(12-22(2,3)21(25)26)20-16(11-14-5-7-15(23)8-6-14)19(27-4)10-9-18(20)24-13/h5-10,24H,11-12H2,1-4H3,(H,25,26). The maximum Gasteiger partial charge on any atom is 0.309 e. The Morgan fingerprint density at radius 2 is 1.81 bits per heavy atom. The molecule has 2 aromatic carbocycles. The Balaban J connectivity index is 2.18. The van der Waals surface area contributed by atoms with Gasteiger partial charge in [0.2, 0.25) is 0 Å². The Labute approximate surface area is 167 Å². The number of carbonyl (C=O) groups is 1. The molecule has 0 spiro atoms. The molecule has 0 aliphatic rings. The van der Waals surface area contributed by atoms with E-state index in [1.165, 1.54) is 5.56 Å². The zero-order valence-electron chi connectivity index (χ0n) is 16.0. The number of aryl methyl sites for hydroxylation is 1.